The average Bonchev–Trinajstić information content (AvgIpc) is 2.39. The highest BCUT2D eigenvalue weighted by Gasteiger charge is 2.03. The van der Waals surface area contributed by atoms with E-state index in [1.54, 1.807) is 7.05 Å². The first-order chi connectivity index (χ1) is 8.67. The topological polar surface area (TPSA) is 50.4 Å². The fourth-order valence-electron chi connectivity index (χ4n) is 1.68. The third-order valence-corrected chi connectivity index (χ3v) is 2.66. The molecule has 1 aromatic rings. The van der Waals surface area contributed by atoms with Crippen LogP contribution >= 0.6 is 0 Å². The van der Waals surface area contributed by atoms with Crippen molar-refractivity contribution in [2.24, 2.45) is 0 Å². The highest BCUT2D eigenvalue weighted by atomic mass is 16.5. The van der Waals surface area contributed by atoms with Crippen LogP contribution in [0.5, 0.6) is 0 Å². The van der Waals surface area contributed by atoms with Gasteiger partial charge in [0.15, 0.2) is 0 Å². The first-order valence-corrected chi connectivity index (χ1v) is 6.30. The molecule has 0 aliphatic heterocycles. The van der Waals surface area contributed by atoms with Crippen LogP contribution in [-0.2, 0) is 11.3 Å². The van der Waals surface area contributed by atoms with Gasteiger partial charge in [0, 0.05) is 32.3 Å². The molecule has 0 radical (unpaired) electrons. The fourth-order valence-corrected chi connectivity index (χ4v) is 1.68. The summed E-state index contributed by atoms with van der Waals surface area (Å²) in [6.07, 6.45) is 0.222. The van der Waals surface area contributed by atoms with E-state index in [9.17, 15) is 4.79 Å². The minimum absolute atomic E-state index is 0.0560. The normalized spacial score (nSPS) is 12.2. The number of ether oxygens (including phenoxy) is 1. The van der Waals surface area contributed by atoms with Crippen LogP contribution in [0, 0.1) is 0 Å². The number of hydrogen-bond donors (Lipinski definition) is 2. The summed E-state index contributed by atoms with van der Waals surface area (Å²) < 4.78 is 5.43. The summed E-state index contributed by atoms with van der Waals surface area (Å²) in [5.41, 5.74) is 1.84. The van der Waals surface area contributed by atoms with E-state index in [2.05, 4.69) is 10.6 Å². The van der Waals surface area contributed by atoms with Crippen molar-refractivity contribution in [3.05, 3.63) is 35.4 Å². The van der Waals surface area contributed by atoms with Gasteiger partial charge in [0.05, 0.1) is 6.10 Å². The van der Waals surface area contributed by atoms with Gasteiger partial charge in [-0.3, -0.25) is 4.79 Å². The van der Waals surface area contributed by atoms with Crippen LogP contribution in [0.4, 0.5) is 0 Å². The van der Waals surface area contributed by atoms with Crippen LogP contribution in [0.2, 0.25) is 0 Å². The first kappa shape index (κ1) is 14.7. The van der Waals surface area contributed by atoms with Crippen molar-refractivity contribution in [1.29, 1.82) is 0 Å². The molecule has 0 aliphatic rings. The van der Waals surface area contributed by atoms with Gasteiger partial charge in [-0.2, -0.15) is 0 Å². The van der Waals surface area contributed by atoms with Crippen LogP contribution in [-0.4, -0.2) is 32.2 Å². The quantitative estimate of drug-likeness (QED) is 0.772. The van der Waals surface area contributed by atoms with E-state index in [1.807, 2.05) is 38.1 Å². The molecule has 0 bridgehead atoms. The minimum Gasteiger partial charge on any atom is -0.377 e. The van der Waals surface area contributed by atoms with Crippen molar-refractivity contribution in [2.75, 3.05) is 20.2 Å². The number of carbonyl (C=O) groups excluding carboxylic acids is 1. The molecule has 1 rings (SSSR count). The highest BCUT2D eigenvalue weighted by Crippen LogP contribution is 2.04. The van der Waals surface area contributed by atoms with Gasteiger partial charge >= 0.3 is 0 Å². The maximum absolute atomic E-state index is 11.4. The zero-order valence-electron chi connectivity index (χ0n) is 11.3. The molecule has 1 amide bonds. The second-order valence-electron chi connectivity index (χ2n) is 4.17. The second kappa shape index (κ2) is 7.84. The molecule has 0 fully saturated rings. The van der Waals surface area contributed by atoms with Gasteiger partial charge in [-0.25, -0.2) is 0 Å². The lowest BCUT2D eigenvalue weighted by atomic mass is 10.1. The number of hydrogen-bond acceptors (Lipinski definition) is 3. The summed E-state index contributed by atoms with van der Waals surface area (Å²) in [5.74, 6) is -0.0560. The summed E-state index contributed by atoms with van der Waals surface area (Å²) in [6, 6.07) is 7.59. The van der Waals surface area contributed by atoms with Crippen LogP contribution in [0.1, 0.15) is 29.8 Å². The molecule has 1 unspecified atom stereocenters. The van der Waals surface area contributed by atoms with E-state index in [-0.39, 0.29) is 12.0 Å². The van der Waals surface area contributed by atoms with Gasteiger partial charge < -0.3 is 15.4 Å². The number of carbonyl (C=O) groups is 1. The third-order valence-electron chi connectivity index (χ3n) is 2.66. The molecule has 4 heteroatoms. The van der Waals surface area contributed by atoms with Crippen molar-refractivity contribution in [3.63, 3.8) is 0 Å². The second-order valence-corrected chi connectivity index (χ2v) is 4.17. The Kier molecular flexibility index (Phi) is 6.39. The molecule has 0 saturated heterocycles. The van der Waals surface area contributed by atoms with E-state index < -0.39 is 0 Å². The Balaban J connectivity index is 2.37. The molecule has 0 saturated carbocycles. The Labute approximate surface area is 109 Å². The van der Waals surface area contributed by atoms with Gasteiger partial charge in [-0.1, -0.05) is 12.1 Å². The van der Waals surface area contributed by atoms with Crippen molar-refractivity contribution >= 4 is 5.91 Å². The number of amides is 1. The lowest BCUT2D eigenvalue weighted by molar-refractivity contribution is 0.0759. The highest BCUT2D eigenvalue weighted by molar-refractivity contribution is 5.93. The van der Waals surface area contributed by atoms with Crippen LogP contribution < -0.4 is 10.6 Å². The third kappa shape index (κ3) is 4.85. The van der Waals surface area contributed by atoms with Crippen molar-refractivity contribution in [3.8, 4) is 0 Å². The largest absolute Gasteiger partial charge is 0.377 e. The first-order valence-electron chi connectivity index (χ1n) is 6.30. The smallest absolute Gasteiger partial charge is 0.251 e. The lowest BCUT2D eigenvalue weighted by Crippen LogP contribution is -2.26. The Morgan fingerprint density at radius 1 is 1.33 bits per heavy atom. The van der Waals surface area contributed by atoms with E-state index in [0.717, 1.165) is 25.3 Å². The Morgan fingerprint density at radius 3 is 2.56 bits per heavy atom. The number of benzene rings is 1. The predicted octanol–water partition coefficient (Wildman–Crippen LogP) is 1.56. The lowest BCUT2D eigenvalue weighted by Gasteiger charge is -2.12. The van der Waals surface area contributed by atoms with Crippen LogP contribution in [0.25, 0.3) is 0 Å². The van der Waals surface area contributed by atoms with Gasteiger partial charge in [-0.15, -0.1) is 0 Å². The van der Waals surface area contributed by atoms with Crippen molar-refractivity contribution in [2.45, 2.75) is 26.5 Å². The fraction of sp³-hybridized carbons (Fsp3) is 0.500. The van der Waals surface area contributed by atoms with E-state index in [1.165, 1.54) is 0 Å². The molecular weight excluding hydrogens is 228 g/mol. The number of nitrogens with one attached hydrogen (secondary N) is 2. The molecule has 0 aliphatic carbocycles. The molecule has 1 atom stereocenters. The van der Waals surface area contributed by atoms with E-state index in [0.29, 0.717) is 5.56 Å². The predicted molar refractivity (Wildman–Crippen MR) is 72.6 cm³/mol. The Hall–Kier alpha value is -1.39. The SMILES string of the molecule is CCOC(C)CNCc1ccc(C(=O)NC)cc1. The molecule has 4 nitrogen and oxygen atoms in total. The number of rotatable bonds is 7. The molecule has 0 aromatic heterocycles. The van der Waals surface area contributed by atoms with Gasteiger partial charge in [0.25, 0.3) is 5.91 Å². The molecule has 100 valence electrons. The van der Waals surface area contributed by atoms with E-state index in [4.69, 9.17) is 4.74 Å². The average molecular weight is 250 g/mol. The van der Waals surface area contributed by atoms with Crippen LogP contribution in [0.15, 0.2) is 24.3 Å². The van der Waals surface area contributed by atoms with Crippen molar-refractivity contribution < 1.29 is 9.53 Å². The molecule has 0 heterocycles. The molecule has 2 N–H and O–H groups in total. The zero-order valence-corrected chi connectivity index (χ0v) is 11.3. The molecule has 0 spiro atoms. The minimum atomic E-state index is -0.0560. The summed E-state index contributed by atoms with van der Waals surface area (Å²) in [5, 5.41) is 5.93. The standard InChI is InChI=1S/C14H22N2O2/c1-4-18-11(2)9-16-10-12-5-7-13(8-6-12)14(17)15-3/h5-8,11,16H,4,9-10H2,1-3H3,(H,15,17). The monoisotopic (exact) mass is 250 g/mol. The zero-order chi connectivity index (χ0) is 13.4. The van der Waals surface area contributed by atoms with Crippen molar-refractivity contribution in [1.82, 2.24) is 10.6 Å². The summed E-state index contributed by atoms with van der Waals surface area (Å²) in [6.45, 7) is 6.39. The molecule has 1 aromatic carbocycles. The van der Waals surface area contributed by atoms with Crippen LogP contribution in [0.3, 0.4) is 0 Å². The summed E-state index contributed by atoms with van der Waals surface area (Å²) in [4.78, 5) is 11.4. The van der Waals surface area contributed by atoms with Gasteiger partial charge in [0.2, 0.25) is 0 Å². The van der Waals surface area contributed by atoms with Gasteiger partial charge in [0.1, 0.15) is 0 Å². The summed E-state index contributed by atoms with van der Waals surface area (Å²) in [7, 11) is 1.63. The maximum atomic E-state index is 11.4. The van der Waals surface area contributed by atoms with Gasteiger partial charge in [-0.05, 0) is 31.5 Å². The molecule has 18 heavy (non-hydrogen) atoms. The summed E-state index contributed by atoms with van der Waals surface area (Å²) >= 11 is 0. The Bertz CT molecular complexity index is 363. The molecular formula is C14H22N2O2. The van der Waals surface area contributed by atoms with E-state index >= 15 is 0 Å². The Morgan fingerprint density at radius 2 is 2.00 bits per heavy atom. The maximum Gasteiger partial charge on any atom is 0.251 e.